The number of hydrogen-bond acceptors (Lipinski definition) is 2. The first kappa shape index (κ1) is 14.0. The van der Waals surface area contributed by atoms with Gasteiger partial charge in [-0.25, -0.2) is 4.98 Å². The van der Waals surface area contributed by atoms with Gasteiger partial charge in [-0.15, -0.1) is 5.54 Å². The molecule has 2 heterocycles. The lowest BCUT2D eigenvalue weighted by atomic mass is 10.0. The number of aromatic nitrogens is 2. The minimum Gasteiger partial charge on any atom is -0.341 e. The van der Waals surface area contributed by atoms with E-state index < -0.39 is 8.07 Å². The van der Waals surface area contributed by atoms with E-state index in [1.54, 1.807) is 0 Å². The van der Waals surface area contributed by atoms with Crippen LogP contribution in [0.4, 0.5) is 0 Å². The third-order valence-corrected chi connectivity index (χ3v) is 5.60. The third-order valence-electron chi connectivity index (χ3n) is 4.73. The van der Waals surface area contributed by atoms with E-state index in [0.717, 1.165) is 29.0 Å². The summed E-state index contributed by atoms with van der Waals surface area (Å²) in [6.07, 6.45) is 4.00. The van der Waals surface area contributed by atoms with E-state index in [0.29, 0.717) is 11.5 Å². The van der Waals surface area contributed by atoms with Crippen molar-refractivity contribution in [1.29, 1.82) is 0 Å². The summed E-state index contributed by atoms with van der Waals surface area (Å²) in [7, 11) is -1.33. The fraction of sp³-hybridized carbons (Fsp3) is 0.500. The zero-order chi connectivity index (χ0) is 15.4. The SMILES string of the molecule is C[Si](C)(C)C#Cc1ccc2nc(C3CC4(CC4)CN3)[nH]c2c1. The maximum Gasteiger partial charge on any atom is 0.129 e. The first-order chi connectivity index (χ1) is 10.4. The lowest BCUT2D eigenvalue weighted by Crippen LogP contribution is -2.16. The van der Waals surface area contributed by atoms with Crippen LogP contribution in [0, 0.1) is 16.9 Å². The van der Waals surface area contributed by atoms with Crippen molar-refractivity contribution in [3.8, 4) is 11.5 Å². The van der Waals surface area contributed by atoms with Crippen molar-refractivity contribution < 1.29 is 0 Å². The second-order valence-electron chi connectivity index (χ2n) is 7.99. The maximum absolute atomic E-state index is 4.78. The number of imidazole rings is 1. The predicted octanol–water partition coefficient (Wildman–Crippen LogP) is 3.61. The Morgan fingerprint density at radius 3 is 2.77 bits per heavy atom. The highest BCUT2D eigenvalue weighted by molar-refractivity contribution is 6.83. The number of nitrogens with one attached hydrogen (secondary N) is 2. The van der Waals surface area contributed by atoms with Crippen LogP contribution in [-0.2, 0) is 0 Å². The van der Waals surface area contributed by atoms with Gasteiger partial charge in [-0.3, -0.25) is 0 Å². The van der Waals surface area contributed by atoms with Crippen molar-refractivity contribution in [2.45, 2.75) is 44.9 Å². The lowest BCUT2D eigenvalue weighted by molar-refractivity contribution is 0.543. The minimum absolute atomic E-state index is 0.395. The van der Waals surface area contributed by atoms with Crippen LogP contribution < -0.4 is 5.32 Å². The maximum atomic E-state index is 4.78. The Hall–Kier alpha value is -1.57. The molecule has 1 atom stereocenters. The predicted molar refractivity (Wildman–Crippen MR) is 93.3 cm³/mol. The minimum atomic E-state index is -1.33. The zero-order valence-electron chi connectivity index (χ0n) is 13.6. The average molecular weight is 309 g/mol. The molecule has 0 radical (unpaired) electrons. The summed E-state index contributed by atoms with van der Waals surface area (Å²) in [4.78, 5) is 8.29. The van der Waals surface area contributed by atoms with Gasteiger partial charge in [-0.05, 0) is 42.9 Å². The topological polar surface area (TPSA) is 40.7 Å². The Labute approximate surface area is 132 Å². The Kier molecular flexibility index (Phi) is 3.01. The number of nitrogens with zero attached hydrogens (tertiary/aromatic N) is 1. The molecule has 1 aliphatic heterocycles. The molecule has 2 fully saturated rings. The molecule has 2 aliphatic rings. The molecule has 1 spiro atoms. The quantitative estimate of drug-likeness (QED) is 0.624. The molecule has 1 aromatic carbocycles. The Morgan fingerprint density at radius 1 is 1.27 bits per heavy atom. The summed E-state index contributed by atoms with van der Waals surface area (Å²) in [5, 5.41) is 3.63. The van der Waals surface area contributed by atoms with Crippen LogP contribution >= 0.6 is 0 Å². The van der Waals surface area contributed by atoms with Crippen molar-refractivity contribution in [2.24, 2.45) is 5.41 Å². The molecule has 0 amide bonds. The fourth-order valence-electron chi connectivity index (χ4n) is 3.20. The van der Waals surface area contributed by atoms with E-state index in [-0.39, 0.29) is 0 Å². The standard InChI is InChI=1S/C18H23N3Si/c1-22(2,3)9-6-13-4-5-14-15(10-13)21-17(20-14)16-11-18(7-8-18)12-19-16/h4-5,10,16,19H,7-8,11-12H2,1-3H3,(H,20,21). The highest BCUT2D eigenvalue weighted by atomic mass is 28.3. The lowest BCUT2D eigenvalue weighted by Gasteiger charge is -2.05. The molecule has 1 saturated carbocycles. The number of hydrogen-bond donors (Lipinski definition) is 2. The molecule has 1 aliphatic carbocycles. The molecule has 4 rings (SSSR count). The molecule has 2 aromatic rings. The van der Waals surface area contributed by atoms with Gasteiger partial charge in [-0.1, -0.05) is 25.6 Å². The van der Waals surface area contributed by atoms with Crippen LogP contribution in [0.3, 0.4) is 0 Å². The molecule has 1 unspecified atom stereocenters. The molecule has 0 bridgehead atoms. The van der Waals surface area contributed by atoms with Crippen LogP contribution in [0.5, 0.6) is 0 Å². The first-order valence-corrected chi connectivity index (χ1v) is 11.7. The zero-order valence-corrected chi connectivity index (χ0v) is 14.6. The van der Waals surface area contributed by atoms with Crippen molar-refractivity contribution >= 4 is 19.1 Å². The molecule has 22 heavy (non-hydrogen) atoms. The number of fused-ring (bicyclic) bond motifs is 1. The molecule has 2 N–H and O–H groups in total. The molecule has 1 saturated heterocycles. The van der Waals surface area contributed by atoms with Gasteiger partial charge in [0, 0.05) is 12.1 Å². The average Bonchev–Trinajstić information content (AvgIpc) is 2.90. The number of H-pyrrole nitrogens is 1. The second-order valence-corrected chi connectivity index (χ2v) is 12.7. The van der Waals surface area contributed by atoms with Gasteiger partial charge in [0.05, 0.1) is 17.1 Å². The van der Waals surface area contributed by atoms with Gasteiger partial charge >= 0.3 is 0 Å². The van der Waals surface area contributed by atoms with Crippen LogP contribution in [0.25, 0.3) is 11.0 Å². The summed E-state index contributed by atoms with van der Waals surface area (Å²) in [6, 6.07) is 6.71. The Balaban J connectivity index is 1.62. The second kappa shape index (κ2) is 4.71. The van der Waals surface area contributed by atoms with Gasteiger partial charge in [0.25, 0.3) is 0 Å². The molecular weight excluding hydrogens is 286 g/mol. The largest absolute Gasteiger partial charge is 0.341 e. The number of benzene rings is 1. The van der Waals surface area contributed by atoms with E-state index in [2.05, 4.69) is 59.6 Å². The van der Waals surface area contributed by atoms with Crippen LogP contribution in [-0.4, -0.2) is 24.6 Å². The van der Waals surface area contributed by atoms with Crippen LogP contribution in [0.2, 0.25) is 19.6 Å². The van der Waals surface area contributed by atoms with E-state index >= 15 is 0 Å². The Bertz CT molecular complexity index is 784. The summed E-state index contributed by atoms with van der Waals surface area (Å²) >= 11 is 0. The monoisotopic (exact) mass is 309 g/mol. The van der Waals surface area contributed by atoms with Crippen molar-refractivity contribution in [3.63, 3.8) is 0 Å². The summed E-state index contributed by atoms with van der Waals surface area (Å²) in [5.41, 5.74) is 7.26. The molecule has 4 heteroatoms. The van der Waals surface area contributed by atoms with E-state index in [4.69, 9.17) is 4.98 Å². The summed E-state index contributed by atoms with van der Waals surface area (Å²) < 4.78 is 0. The Morgan fingerprint density at radius 2 is 2.09 bits per heavy atom. The van der Waals surface area contributed by atoms with Crippen LogP contribution in [0.1, 0.15) is 36.7 Å². The van der Waals surface area contributed by atoms with Crippen molar-refractivity contribution in [1.82, 2.24) is 15.3 Å². The van der Waals surface area contributed by atoms with Gasteiger partial charge < -0.3 is 10.3 Å². The van der Waals surface area contributed by atoms with Gasteiger partial charge in [0.2, 0.25) is 0 Å². The molecular formula is C18H23N3Si. The summed E-state index contributed by atoms with van der Waals surface area (Å²) in [5.74, 6) is 4.42. The van der Waals surface area contributed by atoms with Gasteiger partial charge in [0.1, 0.15) is 13.9 Å². The first-order valence-electron chi connectivity index (χ1n) is 8.19. The van der Waals surface area contributed by atoms with E-state index in [9.17, 15) is 0 Å². The van der Waals surface area contributed by atoms with Crippen molar-refractivity contribution in [3.05, 3.63) is 29.6 Å². The normalized spacial score (nSPS) is 22.8. The third kappa shape index (κ3) is 2.71. The van der Waals surface area contributed by atoms with E-state index in [1.165, 1.54) is 19.3 Å². The highest BCUT2D eigenvalue weighted by Gasteiger charge is 2.49. The number of aromatic amines is 1. The number of rotatable bonds is 1. The fourth-order valence-corrected chi connectivity index (χ4v) is 3.72. The highest BCUT2D eigenvalue weighted by Crippen LogP contribution is 2.54. The van der Waals surface area contributed by atoms with Gasteiger partial charge in [-0.2, -0.15) is 0 Å². The van der Waals surface area contributed by atoms with Gasteiger partial charge in [0.15, 0.2) is 0 Å². The molecule has 114 valence electrons. The molecule has 3 nitrogen and oxygen atoms in total. The van der Waals surface area contributed by atoms with Crippen LogP contribution in [0.15, 0.2) is 18.2 Å². The molecule has 1 aromatic heterocycles. The summed E-state index contributed by atoms with van der Waals surface area (Å²) in [6.45, 7) is 7.96. The van der Waals surface area contributed by atoms with E-state index in [1.807, 2.05) is 0 Å². The van der Waals surface area contributed by atoms with Crippen molar-refractivity contribution in [2.75, 3.05) is 6.54 Å². The smallest absolute Gasteiger partial charge is 0.129 e.